The first-order chi connectivity index (χ1) is 14.4. The molecule has 0 spiro atoms. The molecule has 1 aliphatic rings. The van der Waals surface area contributed by atoms with Crippen molar-refractivity contribution in [2.75, 3.05) is 11.4 Å². The Kier molecular flexibility index (Phi) is 7.81. The van der Waals surface area contributed by atoms with Crippen LogP contribution in [0, 0.1) is 5.92 Å². The standard InChI is InChI=1S/C23H33N3O5/c1-7-14(2)17-10-8-9-11-18(17)26-13-16(12-19(26)27)21(29)31-15(3)20(28)24-22(30)25-23(4,5)6/h8-11,14-16H,7,12-13H2,1-6H3,(H2,24,25,28,30)/t14-,15+,16-/m1/s1. The number of anilines is 1. The molecule has 0 aliphatic carbocycles. The van der Waals surface area contributed by atoms with E-state index in [2.05, 4.69) is 24.5 Å². The highest BCUT2D eigenvalue weighted by molar-refractivity contribution is 6.01. The fourth-order valence-corrected chi connectivity index (χ4v) is 3.38. The number of rotatable bonds is 6. The minimum absolute atomic E-state index is 0.0204. The molecule has 1 aromatic carbocycles. The molecule has 2 N–H and O–H groups in total. The summed E-state index contributed by atoms with van der Waals surface area (Å²) in [5.74, 6) is -1.90. The topological polar surface area (TPSA) is 105 Å². The van der Waals surface area contributed by atoms with E-state index in [9.17, 15) is 19.2 Å². The van der Waals surface area contributed by atoms with Crippen LogP contribution in [0.5, 0.6) is 0 Å². The Morgan fingerprint density at radius 3 is 2.45 bits per heavy atom. The number of benzene rings is 1. The Bertz CT molecular complexity index is 846. The summed E-state index contributed by atoms with van der Waals surface area (Å²) in [4.78, 5) is 50.8. The van der Waals surface area contributed by atoms with E-state index in [1.807, 2.05) is 24.3 Å². The third kappa shape index (κ3) is 6.54. The molecule has 0 aromatic heterocycles. The van der Waals surface area contributed by atoms with Gasteiger partial charge in [-0.1, -0.05) is 32.0 Å². The van der Waals surface area contributed by atoms with Crippen molar-refractivity contribution in [2.24, 2.45) is 5.92 Å². The van der Waals surface area contributed by atoms with E-state index >= 15 is 0 Å². The zero-order valence-corrected chi connectivity index (χ0v) is 19.2. The van der Waals surface area contributed by atoms with Crippen LogP contribution in [-0.2, 0) is 19.1 Å². The van der Waals surface area contributed by atoms with Gasteiger partial charge in [-0.3, -0.25) is 19.7 Å². The predicted molar refractivity (Wildman–Crippen MR) is 118 cm³/mol. The van der Waals surface area contributed by atoms with Gasteiger partial charge < -0.3 is 15.0 Å². The zero-order valence-electron chi connectivity index (χ0n) is 19.2. The molecular formula is C23H33N3O5. The van der Waals surface area contributed by atoms with Crippen molar-refractivity contribution in [1.29, 1.82) is 0 Å². The summed E-state index contributed by atoms with van der Waals surface area (Å²) in [5.41, 5.74) is 1.36. The van der Waals surface area contributed by atoms with Gasteiger partial charge in [-0.2, -0.15) is 0 Å². The molecule has 2 rings (SSSR count). The molecule has 0 radical (unpaired) electrons. The first-order valence-electron chi connectivity index (χ1n) is 10.7. The molecule has 1 fully saturated rings. The quantitative estimate of drug-likeness (QED) is 0.674. The molecule has 4 amide bonds. The SMILES string of the molecule is CC[C@@H](C)c1ccccc1N1C[C@H](C(=O)O[C@@H](C)C(=O)NC(=O)NC(C)(C)C)CC1=O. The zero-order chi connectivity index (χ0) is 23.3. The van der Waals surface area contributed by atoms with Gasteiger partial charge in [0.05, 0.1) is 5.92 Å². The third-order valence-electron chi connectivity index (χ3n) is 5.22. The van der Waals surface area contributed by atoms with Crippen molar-refractivity contribution in [3.8, 4) is 0 Å². The van der Waals surface area contributed by atoms with E-state index in [0.29, 0.717) is 0 Å². The Morgan fingerprint density at radius 2 is 1.84 bits per heavy atom. The third-order valence-corrected chi connectivity index (χ3v) is 5.22. The highest BCUT2D eigenvalue weighted by Gasteiger charge is 2.38. The van der Waals surface area contributed by atoms with Gasteiger partial charge in [-0.25, -0.2) is 4.79 Å². The molecule has 170 valence electrons. The Hall–Kier alpha value is -2.90. The summed E-state index contributed by atoms with van der Waals surface area (Å²) in [5, 5.41) is 4.76. The van der Waals surface area contributed by atoms with Gasteiger partial charge in [0, 0.05) is 24.2 Å². The molecule has 1 aliphatic heterocycles. The molecule has 31 heavy (non-hydrogen) atoms. The number of esters is 1. The van der Waals surface area contributed by atoms with E-state index in [1.165, 1.54) is 6.92 Å². The number of amides is 4. The minimum Gasteiger partial charge on any atom is -0.452 e. The maximum atomic E-state index is 12.6. The lowest BCUT2D eigenvalue weighted by atomic mass is 9.96. The van der Waals surface area contributed by atoms with Crippen LogP contribution < -0.4 is 15.5 Å². The Morgan fingerprint density at radius 1 is 1.19 bits per heavy atom. The predicted octanol–water partition coefficient (Wildman–Crippen LogP) is 3.11. The van der Waals surface area contributed by atoms with Crippen molar-refractivity contribution in [3.63, 3.8) is 0 Å². The maximum absolute atomic E-state index is 12.6. The monoisotopic (exact) mass is 431 g/mol. The van der Waals surface area contributed by atoms with E-state index in [-0.39, 0.29) is 24.8 Å². The molecular weight excluding hydrogens is 398 g/mol. The number of nitrogens with zero attached hydrogens (tertiary/aromatic N) is 1. The van der Waals surface area contributed by atoms with Gasteiger partial charge in [0.25, 0.3) is 5.91 Å². The highest BCUT2D eigenvalue weighted by Crippen LogP contribution is 2.33. The molecule has 3 atom stereocenters. The maximum Gasteiger partial charge on any atom is 0.321 e. The summed E-state index contributed by atoms with van der Waals surface area (Å²) in [6.07, 6.45) is -0.207. The lowest BCUT2D eigenvalue weighted by Crippen LogP contribution is -2.50. The van der Waals surface area contributed by atoms with Gasteiger partial charge >= 0.3 is 12.0 Å². The molecule has 1 aromatic rings. The van der Waals surface area contributed by atoms with E-state index < -0.39 is 35.5 Å². The van der Waals surface area contributed by atoms with Gasteiger partial charge in [-0.05, 0) is 51.7 Å². The molecule has 1 heterocycles. The fraction of sp³-hybridized carbons (Fsp3) is 0.565. The lowest BCUT2D eigenvalue weighted by Gasteiger charge is -2.23. The van der Waals surface area contributed by atoms with Crippen molar-refractivity contribution in [1.82, 2.24) is 10.6 Å². The van der Waals surface area contributed by atoms with E-state index in [1.54, 1.807) is 25.7 Å². The second-order valence-corrected chi connectivity index (χ2v) is 9.05. The summed E-state index contributed by atoms with van der Waals surface area (Å²) in [7, 11) is 0. The van der Waals surface area contributed by atoms with E-state index in [0.717, 1.165) is 17.7 Å². The van der Waals surface area contributed by atoms with Gasteiger partial charge in [0.15, 0.2) is 6.10 Å². The molecule has 0 bridgehead atoms. The summed E-state index contributed by atoms with van der Waals surface area (Å²) < 4.78 is 5.25. The van der Waals surface area contributed by atoms with Crippen molar-refractivity contribution >= 4 is 29.5 Å². The Balaban J connectivity index is 2.00. The number of imide groups is 1. The van der Waals surface area contributed by atoms with Crippen LogP contribution in [0.25, 0.3) is 0 Å². The number of hydrogen-bond donors (Lipinski definition) is 2. The number of hydrogen-bond acceptors (Lipinski definition) is 5. The molecule has 8 nitrogen and oxygen atoms in total. The van der Waals surface area contributed by atoms with Crippen LogP contribution in [0.15, 0.2) is 24.3 Å². The van der Waals surface area contributed by atoms with Crippen LogP contribution in [-0.4, -0.2) is 42.0 Å². The molecule has 0 unspecified atom stereocenters. The fourth-order valence-electron chi connectivity index (χ4n) is 3.38. The number of carbonyl (C=O) groups excluding carboxylic acids is 4. The van der Waals surface area contributed by atoms with Gasteiger partial charge in [-0.15, -0.1) is 0 Å². The second-order valence-electron chi connectivity index (χ2n) is 9.05. The number of nitrogens with one attached hydrogen (secondary N) is 2. The highest BCUT2D eigenvalue weighted by atomic mass is 16.5. The summed E-state index contributed by atoms with van der Waals surface area (Å²) >= 11 is 0. The number of carbonyl (C=O) groups is 4. The lowest BCUT2D eigenvalue weighted by molar-refractivity contribution is -0.158. The van der Waals surface area contributed by atoms with Crippen molar-refractivity contribution < 1.29 is 23.9 Å². The first kappa shape index (κ1) is 24.4. The smallest absolute Gasteiger partial charge is 0.321 e. The van der Waals surface area contributed by atoms with Crippen LogP contribution in [0.4, 0.5) is 10.5 Å². The van der Waals surface area contributed by atoms with Gasteiger partial charge in [0.1, 0.15) is 0 Å². The average molecular weight is 432 g/mol. The number of ether oxygens (including phenoxy) is 1. The first-order valence-corrected chi connectivity index (χ1v) is 10.7. The van der Waals surface area contributed by atoms with Gasteiger partial charge in [0.2, 0.25) is 5.91 Å². The number of urea groups is 1. The molecule has 0 saturated carbocycles. The summed E-state index contributed by atoms with van der Waals surface area (Å²) in [6.45, 7) is 11.1. The average Bonchev–Trinajstić information content (AvgIpc) is 3.07. The largest absolute Gasteiger partial charge is 0.452 e. The minimum atomic E-state index is -1.16. The van der Waals surface area contributed by atoms with E-state index in [4.69, 9.17) is 4.74 Å². The van der Waals surface area contributed by atoms with Crippen LogP contribution >= 0.6 is 0 Å². The van der Waals surface area contributed by atoms with Crippen LogP contribution in [0.2, 0.25) is 0 Å². The van der Waals surface area contributed by atoms with Crippen LogP contribution in [0.1, 0.15) is 65.9 Å². The summed E-state index contributed by atoms with van der Waals surface area (Å²) in [6, 6.07) is 7.03. The number of para-hydroxylation sites is 1. The Labute approximate surface area is 183 Å². The van der Waals surface area contributed by atoms with Crippen LogP contribution in [0.3, 0.4) is 0 Å². The second kappa shape index (κ2) is 9.94. The van der Waals surface area contributed by atoms with Crippen molar-refractivity contribution in [3.05, 3.63) is 29.8 Å². The molecule has 8 heteroatoms. The normalized spacial score (nSPS) is 18.3. The molecule has 1 saturated heterocycles. The van der Waals surface area contributed by atoms with Crippen molar-refractivity contribution in [2.45, 2.75) is 71.9 Å².